The molecule has 98 valence electrons. The van der Waals surface area contributed by atoms with E-state index in [0.717, 1.165) is 13.1 Å². The highest BCUT2D eigenvalue weighted by Gasteiger charge is 2.07. The predicted molar refractivity (Wildman–Crippen MR) is 75.5 cm³/mol. The van der Waals surface area contributed by atoms with Gasteiger partial charge in [-0.1, -0.05) is 32.0 Å². The number of aromatic nitrogens is 1. The molecule has 0 bridgehead atoms. The molecular weight excluding hydrogens is 224 g/mol. The Morgan fingerprint density at radius 1 is 1.28 bits per heavy atom. The van der Waals surface area contributed by atoms with E-state index in [1.807, 2.05) is 0 Å². The maximum atomic E-state index is 5.23. The topological polar surface area (TPSA) is 26.2 Å². The van der Waals surface area contributed by atoms with Gasteiger partial charge >= 0.3 is 0 Å². The van der Waals surface area contributed by atoms with Crippen molar-refractivity contribution in [2.75, 3.05) is 13.7 Å². The van der Waals surface area contributed by atoms with Crippen molar-refractivity contribution in [3.05, 3.63) is 36.0 Å². The molecule has 1 aromatic heterocycles. The van der Waals surface area contributed by atoms with Crippen LogP contribution in [-0.2, 0) is 18.0 Å². The third-order valence-corrected chi connectivity index (χ3v) is 3.01. The van der Waals surface area contributed by atoms with Crippen LogP contribution in [0.5, 0.6) is 0 Å². The van der Waals surface area contributed by atoms with Crippen molar-refractivity contribution in [2.45, 2.75) is 27.1 Å². The lowest BCUT2D eigenvalue weighted by Gasteiger charge is -2.06. The maximum Gasteiger partial charge on any atom is 0.122 e. The minimum Gasteiger partial charge on any atom is -0.364 e. The fourth-order valence-electron chi connectivity index (χ4n) is 2.21. The van der Waals surface area contributed by atoms with Crippen LogP contribution in [0.15, 0.2) is 30.5 Å². The Kier molecular flexibility index (Phi) is 4.39. The molecule has 0 atom stereocenters. The van der Waals surface area contributed by atoms with Gasteiger partial charge in [0.2, 0.25) is 0 Å². The summed E-state index contributed by atoms with van der Waals surface area (Å²) in [4.78, 5) is 0. The molecule has 0 aliphatic carbocycles. The lowest BCUT2D eigenvalue weighted by molar-refractivity contribution is 0.134. The van der Waals surface area contributed by atoms with Gasteiger partial charge in [0.05, 0.1) is 5.52 Å². The monoisotopic (exact) mass is 246 g/mol. The van der Waals surface area contributed by atoms with Gasteiger partial charge in [-0.05, 0) is 24.1 Å². The standard InChI is InChI=1S/C15H22N2O/c1-12(2)8-16-9-13-10-17(11-18-3)15-7-5-4-6-14(13)15/h4-7,10,12,16H,8-9,11H2,1-3H3. The van der Waals surface area contributed by atoms with Gasteiger partial charge in [-0.3, -0.25) is 0 Å². The molecule has 3 heteroatoms. The average Bonchev–Trinajstić information content (AvgIpc) is 2.69. The number of para-hydroxylation sites is 1. The van der Waals surface area contributed by atoms with E-state index in [4.69, 9.17) is 4.74 Å². The molecule has 0 spiro atoms. The van der Waals surface area contributed by atoms with Crippen LogP contribution in [0, 0.1) is 5.92 Å². The highest BCUT2D eigenvalue weighted by molar-refractivity contribution is 5.83. The predicted octanol–water partition coefficient (Wildman–Crippen LogP) is 2.99. The molecule has 0 saturated carbocycles. The van der Waals surface area contributed by atoms with E-state index in [2.05, 4.69) is 54.2 Å². The van der Waals surface area contributed by atoms with Crippen LogP contribution in [0.2, 0.25) is 0 Å². The highest BCUT2D eigenvalue weighted by Crippen LogP contribution is 2.21. The van der Waals surface area contributed by atoms with Crippen LogP contribution < -0.4 is 5.32 Å². The molecule has 18 heavy (non-hydrogen) atoms. The zero-order chi connectivity index (χ0) is 13.0. The molecule has 0 amide bonds. The Morgan fingerprint density at radius 2 is 2.06 bits per heavy atom. The third-order valence-electron chi connectivity index (χ3n) is 3.01. The molecule has 0 aliphatic rings. The number of rotatable bonds is 6. The van der Waals surface area contributed by atoms with E-state index in [1.165, 1.54) is 16.5 Å². The van der Waals surface area contributed by atoms with Crippen LogP contribution >= 0.6 is 0 Å². The Hall–Kier alpha value is -1.32. The van der Waals surface area contributed by atoms with Gasteiger partial charge in [0.1, 0.15) is 6.73 Å². The first kappa shape index (κ1) is 13.1. The van der Waals surface area contributed by atoms with Crippen molar-refractivity contribution < 1.29 is 4.74 Å². The Labute approximate surface area is 109 Å². The van der Waals surface area contributed by atoms with E-state index in [-0.39, 0.29) is 0 Å². The van der Waals surface area contributed by atoms with Crippen LogP contribution in [0.25, 0.3) is 10.9 Å². The normalized spacial score (nSPS) is 11.6. The average molecular weight is 246 g/mol. The largest absolute Gasteiger partial charge is 0.364 e. The summed E-state index contributed by atoms with van der Waals surface area (Å²) >= 11 is 0. The molecule has 1 aromatic carbocycles. The van der Waals surface area contributed by atoms with E-state index in [1.54, 1.807) is 7.11 Å². The Balaban J connectivity index is 2.21. The molecule has 0 unspecified atom stereocenters. The number of fused-ring (bicyclic) bond motifs is 1. The zero-order valence-corrected chi connectivity index (χ0v) is 11.4. The first-order valence-corrected chi connectivity index (χ1v) is 6.48. The first-order chi connectivity index (χ1) is 8.72. The summed E-state index contributed by atoms with van der Waals surface area (Å²) in [5.74, 6) is 0.678. The SMILES string of the molecule is COCn1cc(CNCC(C)C)c2ccccc21. The van der Waals surface area contributed by atoms with E-state index >= 15 is 0 Å². The lowest BCUT2D eigenvalue weighted by atomic mass is 10.1. The molecule has 0 radical (unpaired) electrons. The minimum atomic E-state index is 0.602. The number of methoxy groups -OCH3 is 1. The zero-order valence-electron chi connectivity index (χ0n) is 11.4. The summed E-state index contributed by atoms with van der Waals surface area (Å²) < 4.78 is 7.39. The summed E-state index contributed by atoms with van der Waals surface area (Å²) in [7, 11) is 1.73. The van der Waals surface area contributed by atoms with Crippen LogP contribution in [0.4, 0.5) is 0 Å². The van der Waals surface area contributed by atoms with Crippen LogP contribution in [0.1, 0.15) is 19.4 Å². The molecule has 3 nitrogen and oxygen atoms in total. The number of hydrogen-bond donors (Lipinski definition) is 1. The number of benzene rings is 1. The molecule has 1 heterocycles. The summed E-state index contributed by atoms with van der Waals surface area (Å²) in [5.41, 5.74) is 2.57. The van der Waals surface area contributed by atoms with Gasteiger partial charge in [-0.15, -0.1) is 0 Å². The Morgan fingerprint density at radius 3 is 2.78 bits per heavy atom. The van der Waals surface area contributed by atoms with Crippen molar-refractivity contribution in [2.24, 2.45) is 5.92 Å². The molecule has 1 N–H and O–H groups in total. The van der Waals surface area contributed by atoms with Gasteiger partial charge in [0.15, 0.2) is 0 Å². The van der Waals surface area contributed by atoms with Crippen molar-refractivity contribution in [1.29, 1.82) is 0 Å². The number of nitrogens with one attached hydrogen (secondary N) is 1. The molecule has 2 aromatic rings. The van der Waals surface area contributed by atoms with E-state index in [0.29, 0.717) is 12.6 Å². The van der Waals surface area contributed by atoms with Crippen LogP contribution in [0.3, 0.4) is 0 Å². The number of hydrogen-bond acceptors (Lipinski definition) is 2. The molecular formula is C15H22N2O. The summed E-state index contributed by atoms with van der Waals surface area (Å²) in [6, 6.07) is 8.47. The molecule has 0 fully saturated rings. The van der Waals surface area contributed by atoms with Crippen LogP contribution in [-0.4, -0.2) is 18.2 Å². The quantitative estimate of drug-likeness (QED) is 0.848. The summed E-state index contributed by atoms with van der Waals surface area (Å²) in [6.45, 7) is 7.01. The van der Waals surface area contributed by atoms with E-state index < -0.39 is 0 Å². The van der Waals surface area contributed by atoms with Crippen molar-refractivity contribution in [3.8, 4) is 0 Å². The van der Waals surface area contributed by atoms with Crippen molar-refractivity contribution >= 4 is 10.9 Å². The second-order valence-electron chi connectivity index (χ2n) is 5.08. The minimum absolute atomic E-state index is 0.602. The van der Waals surface area contributed by atoms with Crippen molar-refractivity contribution in [3.63, 3.8) is 0 Å². The second kappa shape index (κ2) is 6.03. The molecule has 0 aliphatic heterocycles. The number of ether oxygens (including phenoxy) is 1. The Bertz CT molecular complexity index is 502. The molecule has 0 saturated heterocycles. The van der Waals surface area contributed by atoms with Gasteiger partial charge in [0.25, 0.3) is 0 Å². The van der Waals surface area contributed by atoms with E-state index in [9.17, 15) is 0 Å². The summed E-state index contributed by atoms with van der Waals surface area (Å²) in [5, 5.41) is 4.81. The molecule has 2 rings (SSSR count). The van der Waals surface area contributed by atoms with Gasteiger partial charge < -0.3 is 14.6 Å². The summed E-state index contributed by atoms with van der Waals surface area (Å²) in [6.07, 6.45) is 2.18. The lowest BCUT2D eigenvalue weighted by Crippen LogP contribution is -2.18. The highest BCUT2D eigenvalue weighted by atomic mass is 16.5. The fraction of sp³-hybridized carbons (Fsp3) is 0.467. The van der Waals surface area contributed by atoms with Gasteiger partial charge in [0, 0.05) is 25.2 Å². The third kappa shape index (κ3) is 2.92. The fourth-order valence-corrected chi connectivity index (χ4v) is 2.21. The van der Waals surface area contributed by atoms with Gasteiger partial charge in [-0.25, -0.2) is 0 Å². The number of nitrogens with zero attached hydrogens (tertiary/aromatic N) is 1. The second-order valence-corrected chi connectivity index (χ2v) is 5.08. The van der Waals surface area contributed by atoms with Gasteiger partial charge in [-0.2, -0.15) is 0 Å². The van der Waals surface area contributed by atoms with Crippen molar-refractivity contribution in [1.82, 2.24) is 9.88 Å². The maximum absolute atomic E-state index is 5.23. The smallest absolute Gasteiger partial charge is 0.122 e. The first-order valence-electron chi connectivity index (χ1n) is 6.48.